The van der Waals surface area contributed by atoms with E-state index in [1.54, 1.807) is 18.7 Å². The molecule has 1 aromatic carbocycles. The molecule has 2 amide bonds. The molecule has 1 aliphatic rings. The summed E-state index contributed by atoms with van der Waals surface area (Å²) < 4.78 is 0. The van der Waals surface area contributed by atoms with Crippen LogP contribution < -0.4 is 15.1 Å². The van der Waals surface area contributed by atoms with Crippen LogP contribution in [0.1, 0.15) is 27.2 Å². The molecule has 1 N–H and O–H groups in total. The van der Waals surface area contributed by atoms with Crippen molar-refractivity contribution >= 4 is 23.2 Å². The quantitative estimate of drug-likeness (QED) is 0.922. The predicted molar refractivity (Wildman–Crippen MR) is 84.6 cm³/mol. The van der Waals surface area contributed by atoms with E-state index in [-0.39, 0.29) is 11.8 Å². The second-order valence-electron chi connectivity index (χ2n) is 6.12. The maximum absolute atomic E-state index is 12.7. The van der Waals surface area contributed by atoms with Crippen molar-refractivity contribution < 1.29 is 9.59 Å². The van der Waals surface area contributed by atoms with E-state index in [9.17, 15) is 9.59 Å². The Balaban J connectivity index is 2.41. The molecule has 0 saturated carbocycles. The molecule has 1 saturated heterocycles. The van der Waals surface area contributed by atoms with Crippen molar-refractivity contribution in [2.75, 3.05) is 23.9 Å². The third-order valence-electron chi connectivity index (χ3n) is 3.83. The van der Waals surface area contributed by atoms with Gasteiger partial charge in [-0.2, -0.15) is 0 Å². The van der Waals surface area contributed by atoms with Crippen LogP contribution in [0.4, 0.5) is 11.4 Å². The van der Waals surface area contributed by atoms with E-state index < -0.39 is 11.6 Å². The molecule has 2 rings (SSSR count). The minimum Gasteiger partial charge on any atom is -0.378 e. The van der Waals surface area contributed by atoms with Gasteiger partial charge in [0.15, 0.2) is 0 Å². The summed E-state index contributed by atoms with van der Waals surface area (Å²) in [6.07, 6.45) is 0.586. The van der Waals surface area contributed by atoms with Crippen LogP contribution in [0.25, 0.3) is 0 Å². The van der Waals surface area contributed by atoms with Gasteiger partial charge in [-0.05, 0) is 44.5 Å². The average molecular weight is 289 g/mol. The lowest BCUT2D eigenvalue weighted by Gasteiger charge is -2.42. The Kier molecular flexibility index (Phi) is 3.94. The van der Waals surface area contributed by atoms with Gasteiger partial charge < -0.3 is 10.2 Å². The molecule has 0 bridgehead atoms. The van der Waals surface area contributed by atoms with Gasteiger partial charge in [-0.3, -0.25) is 14.5 Å². The van der Waals surface area contributed by atoms with Crippen LogP contribution in [0.3, 0.4) is 0 Å². The smallest absolute Gasteiger partial charge is 0.252 e. The van der Waals surface area contributed by atoms with Gasteiger partial charge in [0.1, 0.15) is 11.6 Å². The SMILES string of the molecule is CCC1C(=O)NC(C)(C)C(=O)N1c1ccc(N(C)C)cc1. The molecule has 0 spiro atoms. The lowest BCUT2D eigenvalue weighted by atomic mass is 9.95. The molecule has 1 aliphatic heterocycles. The van der Waals surface area contributed by atoms with Crippen LogP contribution in [0, 0.1) is 0 Å². The Labute approximate surface area is 125 Å². The maximum Gasteiger partial charge on any atom is 0.252 e. The van der Waals surface area contributed by atoms with Crippen molar-refractivity contribution in [1.82, 2.24) is 5.32 Å². The molecule has 0 radical (unpaired) electrons. The summed E-state index contributed by atoms with van der Waals surface area (Å²) in [7, 11) is 3.93. The number of anilines is 2. The van der Waals surface area contributed by atoms with Gasteiger partial charge >= 0.3 is 0 Å². The molecule has 5 nitrogen and oxygen atoms in total. The van der Waals surface area contributed by atoms with Crippen LogP contribution in [-0.2, 0) is 9.59 Å². The summed E-state index contributed by atoms with van der Waals surface area (Å²) in [5.41, 5.74) is 0.948. The normalized spacial score (nSPS) is 21.2. The van der Waals surface area contributed by atoms with Gasteiger partial charge in [-0.15, -0.1) is 0 Å². The van der Waals surface area contributed by atoms with Gasteiger partial charge in [0.05, 0.1) is 0 Å². The van der Waals surface area contributed by atoms with E-state index in [0.29, 0.717) is 6.42 Å². The molecule has 1 atom stereocenters. The fourth-order valence-corrected chi connectivity index (χ4v) is 2.58. The van der Waals surface area contributed by atoms with Gasteiger partial charge in [-0.25, -0.2) is 0 Å². The largest absolute Gasteiger partial charge is 0.378 e. The zero-order valence-electron chi connectivity index (χ0n) is 13.3. The third kappa shape index (κ3) is 2.73. The number of nitrogens with one attached hydrogen (secondary N) is 1. The first kappa shape index (κ1) is 15.4. The Bertz CT molecular complexity index is 549. The van der Waals surface area contributed by atoms with E-state index in [2.05, 4.69) is 5.32 Å². The molecule has 0 aromatic heterocycles. The second-order valence-corrected chi connectivity index (χ2v) is 6.12. The van der Waals surface area contributed by atoms with Crippen molar-refractivity contribution in [2.45, 2.75) is 38.8 Å². The lowest BCUT2D eigenvalue weighted by Crippen LogP contribution is -2.68. The number of piperazine rings is 1. The molecule has 1 unspecified atom stereocenters. The predicted octanol–water partition coefficient (Wildman–Crippen LogP) is 1.77. The number of rotatable bonds is 3. The Morgan fingerprint density at radius 2 is 1.76 bits per heavy atom. The molecule has 1 heterocycles. The number of hydrogen-bond acceptors (Lipinski definition) is 3. The summed E-state index contributed by atoms with van der Waals surface area (Å²) in [5.74, 6) is -0.176. The Morgan fingerprint density at radius 1 is 1.19 bits per heavy atom. The summed E-state index contributed by atoms with van der Waals surface area (Å²) in [6.45, 7) is 5.39. The van der Waals surface area contributed by atoms with E-state index in [4.69, 9.17) is 0 Å². The standard InChI is InChI=1S/C16H23N3O2/c1-6-13-14(20)17-16(2,3)15(21)19(13)12-9-7-11(8-10-12)18(4)5/h7-10,13H,6H2,1-5H3,(H,17,20). The van der Waals surface area contributed by atoms with E-state index in [0.717, 1.165) is 11.4 Å². The number of carbonyl (C=O) groups is 2. The van der Waals surface area contributed by atoms with E-state index >= 15 is 0 Å². The minimum absolute atomic E-state index is 0.0773. The van der Waals surface area contributed by atoms with Crippen LogP contribution in [-0.4, -0.2) is 37.5 Å². The third-order valence-corrected chi connectivity index (χ3v) is 3.83. The number of nitrogens with zero attached hydrogens (tertiary/aromatic N) is 2. The summed E-state index contributed by atoms with van der Waals surface area (Å²) >= 11 is 0. The molecular formula is C16H23N3O2. The average Bonchev–Trinajstić information content (AvgIpc) is 2.42. The fraction of sp³-hybridized carbons (Fsp3) is 0.500. The van der Waals surface area contributed by atoms with E-state index in [1.165, 1.54) is 0 Å². The van der Waals surface area contributed by atoms with Crippen LogP contribution in [0.5, 0.6) is 0 Å². The number of carbonyl (C=O) groups excluding carboxylic acids is 2. The molecule has 114 valence electrons. The molecule has 1 aromatic rings. The van der Waals surface area contributed by atoms with Gasteiger partial charge in [-0.1, -0.05) is 6.92 Å². The van der Waals surface area contributed by atoms with Gasteiger partial charge in [0.25, 0.3) is 5.91 Å². The van der Waals surface area contributed by atoms with Crippen molar-refractivity contribution in [3.63, 3.8) is 0 Å². The topological polar surface area (TPSA) is 52.7 Å². The van der Waals surface area contributed by atoms with Gasteiger partial charge in [0, 0.05) is 25.5 Å². The van der Waals surface area contributed by atoms with Crippen molar-refractivity contribution in [3.05, 3.63) is 24.3 Å². The first-order chi connectivity index (χ1) is 9.77. The monoisotopic (exact) mass is 289 g/mol. The lowest BCUT2D eigenvalue weighted by molar-refractivity contribution is -0.137. The molecule has 21 heavy (non-hydrogen) atoms. The highest BCUT2D eigenvalue weighted by atomic mass is 16.2. The van der Waals surface area contributed by atoms with E-state index in [1.807, 2.05) is 50.2 Å². The molecule has 0 aliphatic carbocycles. The maximum atomic E-state index is 12.7. The Morgan fingerprint density at radius 3 is 2.24 bits per heavy atom. The molecule has 5 heteroatoms. The number of hydrogen-bond donors (Lipinski definition) is 1. The summed E-state index contributed by atoms with van der Waals surface area (Å²) in [5, 5.41) is 2.80. The number of benzene rings is 1. The highest BCUT2D eigenvalue weighted by Gasteiger charge is 2.45. The van der Waals surface area contributed by atoms with Crippen molar-refractivity contribution in [1.29, 1.82) is 0 Å². The zero-order chi connectivity index (χ0) is 15.8. The highest BCUT2D eigenvalue weighted by molar-refractivity contribution is 6.10. The molecular weight excluding hydrogens is 266 g/mol. The highest BCUT2D eigenvalue weighted by Crippen LogP contribution is 2.28. The van der Waals surface area contributed by atoms with Gasteiger partial charge in [0.2, 0.25) is 5.91 Å². The zero-order valence-corrected chi connectivity index (χ0v) is 13.3. The summed E-state index contributed by atoms with van der Waals surface area (Å²) in [4.78, 5) is 28.5. The first-order valence-corrected chi connectivity index (χ1v) is 7.21. The second kappa shape index (κ2) is 5.39. The van der Waals surface area contributed by atoms with Crippen molar-refractivity contribution in [2.24, 2.45) is 0 Å². The van der Waals surface area contributed by atoms with Crippen LogP contribution >= 0.6 is 0 Å². The van der Waals surface area contributed by atoms with Crippen LogP contribution in [0.15, 0.2) is 24.3 Å². The summed E-state index contributed by atoms with van der Waals surface area (Å²) in [6, 6.07) is 7.24. The van der Waals surface area contributed by atoms with Crippen LogP contribution in [0.2, 0.25) is 0 Å². The fourth-order valence-electron chi connectivity index (χ4n) is 2.58. The molecule has 1 fully saturated rings. The number of amides is 2. The Hall–Kier alpha value is -2.04. The van der Waals surface area contributed by atoms with Crippen molar-refractivity contribution in [3.8, 4) is 0 Å². The minimum atomic E-state index is -0.872. The first-order valence-electron chi connectivity index (χ1n) is 7.21.